The molecule has 0 saturated heterocycles. The molecule has 12 heteroatoms. The fourth-order valence-electron chi connectivity index (χ4n) is 6.33. The third-order valence-corrected chi connectivity index (χ3v) is 10.7. The predicted octanol–water partition coefficient (Wildman–Crippen LogP) is 7.49. The molecule has 4 heterocycles. The van der Waals surface area contributed by atoms with Gasteiger partial charge in [0.15, 0.2) is 15.3 Å². The average Bonchev–Trinajstić information content (AvgIpc) is 3.70. The van der Waals surface area contributed by atoms with E-state index in [1.165, 1.54) is 33.7 Å². The standard InChI is InChI=1S/C35H22ClFN4O4S2/c1-19-9-14-27-24(15-19)29(42)28-30(45-27)31(43)41(33-38-39-34(47-33)46-18-21-5-4-6-22(36)16-21)35(28)25-7-2-3-8-26(25)40(32(35)44)17-20-10-12-23(37)13-11-20/h2-16H,17-18H2,1H3. The molecule has 1 unspecified atom stereocenters. The van der Waals surface area contributed by atoms with Crippen molar-refractivity contribution < 1.29 is 18.4 Å². The summed E-state index contributed by atoms with van der Waals surface area (Å²) < 4.78 is 20.5. The summed E-state index contributed by atoms with van der Waals surface area (Å²) in [5.74, 6) is -1.28. The molecule has 232 valence electrons. The summed E-state index contributed by atoms with van der Waals surface area (Å²) >= 11 is 8.72. The molecule has 0 radical (unpaired) electrons. The van der Waals surface area contributed by atoms with Crippen molar-refractivity contribution in [2.45, 2.75) is 29.1 Å². The molecule has 1 spiro atoms. The van der Waals surface area contributed by atoms with E-state index in [0.29, 0.717) is 31.9 Å². The average molecular weight is 681 g/mol. The minimum Gasteiger partial charge on any atom is -0.450 e. The molecular formula is C35H22ClFN4O4S2. The molecule has 8 nitrogen and oxygen atoms in total. The van der Waals surface area contributed by atoms with Crippen LogP contribution < -0.4 is 15.2 Å². The van der Waals surface area contributed by atoms with Crippen molar-refractivity contribution in [1.82, 2.24) is 10.2 Å². The monoisotopic (exact) mass is 680 g/mol. The summed E-state index contributed by atoms with van der Waals surface area (Å²) in [6.07, 6.45) is 0. The van der Waals surface area contributed by atoms with E-state index in [1.807, 2.05) is 25.1 Å². The van der Waals surface area contributed by atoms with Crippen molar-refractivity contribution >= 4 is 68.3 Å². The number of thioether (sulfide) groups is 1. The van der Waals surface area contributed by atoms with Gasteiger partial charge in [-0.2, -0.15) is 0 Å². The van der Waals surface area contributed by atoms with Crippen molar-refractivity contribution in [2.75, 3.05) is 9.80 Å². The number of carbonyl (C=O) groups is 2. The van der Waals surface area contributed by atoms with Crippen LogP contribution in [0.2, 0.25) is 5.02 Å². The molecule has 8 rings (SSSR count). The van der Waals surface area contributed by atoms with E-state index >= 15 is 4.79 Å². The van der Waals surface area contributed by atoms with Crippen LogP contribution in [0.15, 0.2) is 105 Å². The van der Waals surface area contributed by atoms with Gasteiger partial charge >= 0.3 is 0 Å². The molecule has 2 aliphatic heterocycles. The first-order valence-electron chi connectivity index (χ1n) is 14.5. The Bertz CT molecular complexity index is 2330. The summed E-state index contributed by atoms with van der Waals surface area (Å²) in [4.78, 5) is 46.9. The summed E-state index contributed by atoms with van der Waals surface area (Å²) in [5, 5.41) is 9.76. The first kappa shape index (κ1) is 29.6. The van der Waals surface area contributed by atoms with Gasteiger partial charge in [-0.1, -0.05) is 88.8 Å². The van der Waals surface area contributed by atoms with Crippen LogP contribution in [0.1, 0.15) is 38.4 Å². The summed E-state index contributed by atoms with van der Waals surface area (Å²) in [6, 6.07) is 25.5. The highest BCUT2D eigenvalue weighted by Crippen LogP contribution is 2.55. The van der Waals surface area contributed by atoms with Gasteiger partial charge < -0.3 is 9.32 Å². The van der Waals surface area contributed by atoms with Crippen molar-refractivity contribution in [3.63, 3.8) is 0 Å². The first-order valence-corrected chi connectivity index (χ1v) is 16.7. The number of benzene rings is 4. The Morgan fingerprint density at radius 3 is 2.55 bits per heavy atom. The van der Waals surface area contributed by atoms with E-state index in [9.17, 15) is 14.0 Å². The van der Waals surface area contributed by atoms with Crippen LogP contribution >= 0.6 is 34.7 Å². The Balaban J connectivity index is 1.32. The zero-order valence-electron chi connectivity index (χ0n) is 24.6. The number of halogens is 2. The van der Waals surface area contributed by atoms with Crippen LogP contribution in [0.5, 0.6) is 0 Å². The molecule has 4 aromatic carbocycles. The Hall–Kier alpha value is -4.84. The second-order valence-corrected chi connectivity index (χ2v) is 13.9. The maximum Gasteiger partial charge on any atom is 0.297 e. The van der Waals surface area contributed by atoms with Crippen molar-refractivity contribution in [2.24, 2.45) is 0 Å². The van der Waals surface area contributed by atoms with E-state index in [-0.39, 0.29) is 34.0 Å². The van der Waals surface area contributed by atoms with E-state index in [0.717, 1.165) is 22.5 Å². The van der Waals surface area contributed by atoms with Crippen molar-refractivity contribution in [3.05, 3.63) is 146 Å². The van der Waals surface area contributed by atoms with Gasteiger partial charge in [0, 0.05) is 16.3 Å². The number of anilines is 2. The first-order chi connectivity index (χ1) is 22.8. The number of carbonyl (C=O) groups excluding carboxylic acids is 2. The second-order valence-electron chi connectivity index (χ2n) is 11.3. The normalized spacial score (nSPS) is 16.8. The van der Waals surface area contributed by atoms with Crippen LogP contribution in [0.4, 0.5) is 15.2 Å². The molecule has 2 aliphatic rings. The maximum atomic E-state index is 15.1. The predicted molar refractivity (Wildman–Crippen MR) is 180 cm³/mol. The lowest BCUT2D eigenvalue weighted by atomic mass is 9.84. The SMILES string of the molecule is Cc1ccc2oc3c(c(=O)c2c1)C1(C(=O)N(Cc2ccc(F)cc2)c2ccccc21)N(c1nnc(SCc2cccc(Cl)c2)s1)C3=O. The molecule has 1 atom stereocenters. The van der Waals surface area contributed by atoms with Gasteiger partial charge in [0.25, 0.3) is 11.8 Å². The Kier molecular flexibility index (Phi) is 7.01. The minimum absolute atomic E-state index is 0.0667. The topological polar surface area (TPSA) is 96.6 Å². The fourth-order valence-corrected chi connectivity index (χ4v) is 8.38. The molecule has 2 amide bonds. The highest BCUT2D eigenvalue weighted by Gasteiger charge is 2.66. The van der Waals surface area contributed by atoms with Crippen LogP contribution in [0, 0.1) is 12.7 Å². The summed E-state index contributed by atoms with van der Waals surface area (Å²) in [5.41, 5.74) is 1.18. The molecule has 0 N–H and O–H groups in total. The molecule has 0 bridgehead atoms. The highest BCUT2D eigenvalue weighted by atomic mass is 35.5. The minimum atomic E-state index is -1.92. The number of hydrogen-bond acceptors (Lipinski definition) is 8. The summed E-state index contributed by atoms with van der Waals surface area (Å²) in [6.45, 7) is 1.92. The number of fused-ring (bicyclic) bond motifs is 5. The Morgan fingerprint density at radius 2 is 1.74 bits per heavy atom. The lowest BCUT2D eigenvalue weighted by Gasteiger charge is -2.32. The maximum absolute atomic E-state index is 15.1. The lowest BCUT2D eigenvalue weighted by molar-refractivity contribution is -0.121. The number of amides is 2. The second kappa shape index (κ2) is 11.2. The third-order valence-electron chi connectivity index (χ3n) is 8.37. The van der Waals surface area contributed by atoms with E-state index in [1.54, 1.807) is 60.7 Å². The molecule has 0 aliphatic carbocycles. The van der Waals surface area contributed by atoms with E-state index in [4.69, 9.17) is 16.0 Å². The van der Waals surface area contributed by atoms with Gasteiger partial charge in [-0.05, 0) is 60.5 Å². The number of rotatable bonds is 6. The number of hydrogen-bond donors (Lipinski definition) is 0. The van der Waals surface area contributed by atoms with E-state index < -0.39 is 28.6 Å². The van der Waals surface area contributed by atoms with Gasteiger partial charge in [0.05, 0.1) is 23.2 Å². The number of para-hydroxylation sites is 1. The van der Waals surface area contributed by atoms with Crippen molar-refractivity contribution in [3.8, 4) is 0 Å². The highest BCUT2D eigenvalue weighted by molar-refractivity contribution is 8.00. The molecule has 0 fully saturated rings. The van der Waals surface area contributed by atoms with E-state index in [2.05, 4.69) is 10.2 Å². The lowest BCUT2D eigenvalue weighted by Crippen LogP contribution is -2.53. The third kappa shape index (κ3) is 4.60. The van der Waals surface area contributed by atoms with Gasteiger partial charge in [-0.15, -0.1) is 10.2 Å². The van der Waals surface area contributed by atoms with Crippen LogP contribution in [0.25, 0.3) is 11.0 Å². The molecule has 0 saturated carbocycles. The largest absolute Gasteiger partial charge is 0.450 e. The molecule has 47 heavy (non-hydrogen) atoms. The zero-order chi connectivity index (χ0) is 32.4. The van der Waals surface area contributed by atoms with Gasteiger partial charge in [-0.3, -0.25) is 19.3 Å². The smallest absolute Gasteiger partial charge is 0.297 e. The molecular weight excluding hydrogens is 659 g/mol. The van der Waals surface area contributed by atoms with Crippen LogP contribution in [0.3, 0.4) is 0 Å². The number of aryl methyl sites for hydroxylation is 1. The molecule has 2 aromatic heterocycles. The van der Waals surface area contributed by atoms with Gasteiger partial charge in [0.2, 0.25) is 10.9 Å². The van der Waals surface area contributed by atoms with Gasteiger partial charge in [0.1, 0.15) is 11.4 Å². The molecule has 6 aromatic rings. The van der Waals surface area contributed by atoms with Gasteiger partial charge in [-0.25, -0.2) is 4.39 Å². The van der Waals surface area contributed by atoms with Crippen molar-refractivity contribution in [1.29, 1.82) is 0 Å². The van der Waals surface area contributed by atoms with Crippen LogP contribution in [-0.4, -0.2) is 22.0 Å². The Morgan fingerprint density at radius 1 is 0.936 bits per heavy atom. The quantitative estimate of drug-likeness (QED) is 0.133. The summed E-state index contributed by atoms with van der Waals surface area (Å²) in [7, 11) is 0. The number of aromatic nitrogens is 2. The fraction of sp³-hybridized carbons (Fsp3) is 0.114. The number of nitrogens with zero attached hydrogens (tertiary/aromatic N) is 4. The van der Waals surface area contributed by atoms with Crippen LogP contribution in [-0.2, 0) is 22.6 Å². The Labute approximate surface area is 280 Å². The zero-order valence-corrected chi connectivity index (χ0v) is 27.0.